The van der Waals surface area contributed by atoms with Crippen molar-refractivity contribution in [3.05, 3.63) is 0 Å². The first kappa shape index (κ1) is 17.7. The maximum atomic E-state index is 14.2. The normalized spacial score (nSPS) is 48.1. The molecule has 0 aromatic rings. The van der Waals surface area contributed by atoms with E-state index in [1.165, 1.54) is 0 Å². The van der Waals surface area contributed by atoms with E-state index in [1.807, 2.05) is 0 Å². The number of piperidine rings is 1. The van der Waals surface area contributed by atoms with Crippen molar-refractivity contribution in [1.29, 1.82) is 0 Å². The van der Waals surface area contributed by atoms with E-state index >= 15 is 0 Å². The molecule has 0 aromatic heterocycles. The molecular weight excluding hydrogens is 339 g/mol. The van der Waals surface area contributed by atoms with Gasteiger partial charge in [0.15, 0.2) is 0 Å². The number of alkyl halides is 1. The molecule has 2 bridgehead atoms. The fraction of sp³-hybridized carbons (Fsp3) is 1.00. The molecule has 4 N–H and O–H groups in total. The average Bonchev–Trinajstić information content (AvgIpc) is 3.28. The summed E-state index contributed by atoms with van der Waals surface area (Å²) in [4.78, 5) is 2.42. The first-order valence-corrected chi connectivity index (χ1v) is 10.1. The number of hydrogen-bond donors (Lipinski definition) is 4. The van der Waals surface area contributed by atoms with E-state index in [1.54, 1.807) is 0 Å². The molecule has 0 saturated carbocycles. The highest BCUT2D eigenvalue weighted by atomic mass is 19.1. The Bertz CT molecular complexity index is 502. The number of rotatable bonds is 0. The van der Waals surface area contributed by atoms with E-state index in [9.17, 15) is 4.39 Å². The molecule has 5 rings (SSSR count). The molecule has 0 aromatic carbocycles. The highest BCUT2D eigenvalue weighted by molar-refractivity contribution is 4.97. The van der Waals surface area contributed by atoms with Crippen LogP contribution in [0.4, 0.5) is 4.39 Å². The molecule has 7 atom stereocenters. The first-order chi connectivity index (χ1) is 12.8. The topological polar surface area (TPSA) is 73.1 Å². The monoisotopic (exact) mass is 370 g/mol. The van der Waals surface area contributed by atoms with Crippen LogP contribution < -0.4 is 21.4 Å². The number of ether oxygens (including phenoxy) is 2. The van der Waals surface area contributed by atoms with Crippen molar-refractivity contribution in [2.45, 2.75) is 43.6 Å². The van der Waals surface area contributed by atoms with Crippen molar-refractivity contribution < 1.29 is 13.9 Å². The molecule has 5 fully saturated rings. The van der Waals surface area contributed by atoms with E-state index in [-0.39, 0.29) is 24.4 Å². The Labute approximate surface area is 154 Å². The Hall–Kier alpha value is -0.390. The fourth-order valence-electron chi connectivity index (χ4n) is 5.28. The minimum absolute atomic E-state index is 0.0972. The number of halogens is 1. The van der Waals surface area contributed by atoms with Crippen LogP contribution in [0.3, 0.4) is 0 Å². The summed E-state index contributed by atoms with van der Waals surface area (Å²) in [7, 11) is 0. The number of hydrogen-bond acceptors (Lipinski definition) is 8. The van der Waals surface area contributed by atoms with Gasteiger partial charge in [0.2, 0.25) is 0 Å². The van der Waals surface area contributed by atoms with Gasteiger partial charge in [0.1, 0.15) is 19.1 Å². The lowest BCUT2D eigenvalue weighted by Crippen LogP contribution is -2.65. The Balaban J connectivity index is 1.39. The van der Waals surface area contributed by atoms with Crippen molar-refractivity contribution in [2.75, 3.05) is 52.7 Å². The average molecular weight is 370 g/mol. The van der Waals surface area contributed by atoms with Crippen molar-refractivity contribution in [2.24, 2.45) is 11.8 Å². The lowest BCUT2D eigenvalue weighted by molar-refractivity contribution is -0.0737. The van der Waals surface area contributed by atoms with Crippen molar-refractivity contribution in [3.8, 4) is 0 Å². The van der Waals surface area contributed by atoms with Crippen LogP contribution in [0.15, 0.2) is 0 Å². The molecule has 0 radical (unpaired) electrons. The third kappa shape index (κ3) is 3.29. The second-order valence-corrected chi connectivity index (χ2v) is 8.21. The molecule has 0 amide bonds. The van der Waals surface area contributed by atoms with Crippen LogP contribution in [-0.4, -0.2) is 93.4 Å². The van der Waals surface area contributed by atoms with Gasteiger partial charge in [0.05, 0.1) is 25.5 Å². The van der Waals surface area contributed by atoms with Gasteiger partial charge in [-0.05, 0) is 12.8 Å². The number of nitrogens with one attached hydrogen (secondary N) is 4. The van der Waals surface area contributed by atoms with Gasteiger partial charge < -0.3 is 14.8 Å². The molecule has 5 saturated heterocycles. The summed E-state index contributed by atoms with van der Waals surface area (Å²) in [6.45, 7) is 6.10. The maximum absolute atomic E-state index is 14.2. The van der Waals surface area contributed by atoms with E-state index in [0.717, 1.165) is 32.6 Å². The molecule has 5 heterocycles. The zero-order valence-corrected chi connectivity index (χ0v) is 15.2. The minimum atomic E-state index is -0.811. The number of fused-ring (bicyclic) bond motifs is 5. The van der Waals surface area contributed by atoms with Crippen LogP contribution in [0, 0.1) is 11.8 Å². The third-order valence-electron chi connectivity index (χ3n) is 6.64. The zero-order valence-electron chi connectivity index (χ0n) is 15.2. The lowest BCUT2D eigenvalue weighted by atomic mass is 9.88. The molecular formula is C17H31FN6O2. The summed E-state index contributed by atoms with van der Waals surface area (Å²) < 4.78 is 26.2. The molecule has 26 heavy (non-hydrogen) atoms. The smallest absolute Gasteiger partial charge is 0.113 e. The predicted molar refractivity (Wildman–Crippen MR) is 93.6 cm³/mol. The number of nitrogens with zero attached hydrogens (tertiary/aromatic N) is 2. The van der Waals surface area contributed by atoms with Crippen LogP contribution in [0.25, 0.3) is 0 Å². The molecule has 6 unspecified atom stereocenters. The van der Waals surface area contributed by atoms with Crippen LogP contribution in [0.5, 0.6) is 0 Å². The van der Waals surface area contributed by atoms with E-state index in [4.69, 9.17) is 9.47 Å². The van der Waals surface area contributed by atoms with Crippen LogP contribution in [0.1, 0.15) is 12.8 Å². The Morgan fingerprint density at radius 2 is 2.12 bits per heavy atom. The molecule has 9 heteroatoms. The molecule has 5 aliphatic heterocycles. The molecule has 8 nitrogen and oxygen atoms in total. The fourth-order valence-corrected chi connectivity index (χ4v) is 5.28. The molecule has 5 aliphatic rings. The van der Waals surface area contributed by atoms with Crippen LogP contribution in [0.2, 0.25) is 0 Å². The highest BCUT2D eigenvalue weighted by Gasteiger charge is 2.47. The second-order valence-electron chi connectivity index (χ2n) is 8.21. The quantitative estimate of drug-likeness (QED) is 0.416. The standard InChI is InChI=1S/C17H31FN6O2/c18-12-5-13-14-9-25-10-23(14)15-1-3-24-16(22-15)11(7-21-24)6-19-2-4-26-17(13)20-8-12/h11-17,19-22H,1-10H2/t11?,12?,13?,14-,15?,16?,17?/m1/s1. The summed E-state index contributed by atoms with van der Waals surface area (Å²) in [5.41, 5.74) is 3.53. The zero-order chi connectivity index (χ0) is 17.5. The lowest BCUT2D eigenvalue weighted by Gasteiger charge is -2.45. The van der Waals surface area contributed by atoms with Crippen LogP contribution in [-0.2, 0) is 9.47 Å². The largest absolute Gasteiger partial charge is 0.364 e. The molecule has 0 aliphatic carbocycles. The maximum Gasteiger partial charge on any atom is 0.113 e. The molecule has 0 spiro atoms. The van der Waals surface area contributed by atoms with E-state index in [2.05, 4.69) is 31.3 Å². The van der Waals surface area contributed by atoms with Crippen molar-refractivity contribution in [1.82, 2.24) is 31.3 Å². The third-order valence-corrected chi connectivity index (χ3v) is 6.64. The van der Waals surface area contributed by atoms with Crippen LogP contribution >= 0.6 is 0 Å². The van der Waals surface area contributed by atoms with Gasteiger partial charge in [-0.15, -0.1) is 0 Å². The van der Waals surface area contributed by atoms with Gasteiger partial charge in [0, 0.05) is 50.6 Å². The van der Waals surface area contributed by atoms with E-state index < -0.39 is 6.17 Å². The second kappa shape index (κ2) is 7.56. The summed E-state index contributed by atoms with van der Waals surface area (Å²) in [5.74, 6) is 0.635. The Kier molecular flexibility index (Phi) is 5.14. The SMILES string of the molecule is FC1CNC2OCCNCC3CNN4CCC(NC34)N3COC[C@@H]3C2C1. The predicted octanol–water partition coefficient (Wildman–Crippen LogP) is -1.38. The van der Waals surface area contributed by atoms with Gasteiger partial charge in [-0.1, -0.05) is 0 Å². The van der Waals surface area contributed by atoms with Crippen molar-refractivity contribution >= 4 is 0 Å². The van der Waals surface area contributed by atoms with Gasteiger partial charge in [-0.25, -0.2) is 9.40 Å². The highest BCUT2D eigenvalue weighted by Crippen LogP contribution is 2.32. The summed E-state index contributed by atoms with van der Waals surface area (Å²) in [5, 5.41) is 13.0. The summed E-state index contributed by atoms with van der Waals surface area (Å²) >= 11 is 0. The van der Waals surface area contributed by atoms with Gasteiger partial charge in [0.25, 0.3) is 0 Å². The number of hydrazine groups is 1. The van der Waals surface area contributed by atoms with Crippen molar-refractivity contribution in [3.63, 3.8) is 0 Å². The van der Waals surface area contributed by atoms with Gasteiger partial charge in [-0.3, -0.25) is 21.0 Å². The van der Waals surface area contributed by atoms with Gasteiger partial charge >= 0.3 is 0 Å². The van der Waals surface area contributed by atoms with Gasteiger partial charge in [-0.2, -0.15) is 0 Å². The first-order valence-electron chi connectivity index (χ1n) is 10.1. The summed E-state index contributed by atoms with van der Waals surface area (Å²) in [6.07, 6.45) is 1.27. The van der Waals surface area contributed by atoms with E-state index in [0.29, 0.717) is 45.0 Å². The molecule has 148 valence electrons. The Morgan fingerprint density at radius 1 is 1.15 bits per heavy atom. The Morgan fingerprint density at radius 3 is 3.08 bits per heavy atom. The minimum Gasteiger partial charge on any atom is -0.364 e. The summed E-state index contributed by atoms with van der Waals surface area (Å²) in [6, 6.07) is 0.191.